The largest absolute Gasteiger partial charge is 0.461 e. The predicted octanol–water partition coefficient (Wildman–Crippen LogP) is 1.35. The van der Waals surface area contributed by atoms with Gasteiger partial charge in [0.25, 0.3) is 0 Å². The van der Waals surface area contributed by atoms with E-state index >= 15 is 0 Å². The van der Waals surface area contributed by atoms with E-state index in [1.165, 1.54) is 0 Å². The van der Waals surface area contributed by atoms with Crippen molar-refractivity contribution in [3.05, 3.63) is 23.5 Å². The molecule has 1 heterocycles. The van der Waals surface area contributed by atoms with Crippen LogP contribution >= 0.6 is 0 Å². The van der Waals surface area contributed by atoms with Crippen LogP contribution in [-0.2, 0) is 4.74 Å². The van der Waals surface area contributed by atoms with E-state index in [9.17, 15) is 4.79 Å². The molecule has 0 fully saturated rings. The highest BCUT2D eigenvalue weighted by atomic mass is 16.5. The van der Waals surface area contributed by atoms with Gasteiger partial charge in [-0.3, -0.25) is 0 Å². The minimum Gasteiger partial charge on any atom is -0.461 e. The molecule has 1 rings (SSSR count). The highest BCUT2D eigenvalue weighted by Crippen LogP contribution is 1.98. The summed E-state index contributed by atoms with van der Waals surface area (Å²) in [6, 6.07) is 3.34. The molecular formula is C9H12N2O2. The molecule has 1 aromatic heterocycles. The minimum atomic E-state index is -0.408. The van der Waals surface area contributed by atoms with Crippen LogP contribution < -0.4 is 0 Å². The van der Waals surface area contributed by atoms with Gasteiger partial charge in [-0.15, -0.1) is 5.10 Å². The number of carbonyl (C=O) groups excluding carboxylic acids is 1. The molecule has 0 amide bonds. The first-order valence-electron chi connectivity index (χ1n) is 4.21. The normalized spacial score (nSPS) is 9.69. The first kappa shape index (κ1) is 9.64. The van der Waals surface area contributed by atoms with Gasteiger partial charge in [-0.25, -0.2) is 4.79 Å². The number of aryl methyl sites for hydroxylation is 1. The van der Waals surface area contributed by atoms with E-state index < -0.39 is 5.97 Å². The molecule has 1 aromatic rings. The van der Waals surface area contributed by atoms with Gasteiger partial charge in [0.1, 0.15) is 0 Å². The lowest BCUT2D eigenvalue weighted by Crippen LogP contribution is -2.09. The lowest BCUT2D eigenvalue weighted by atomic mass is 10.3. The average molecular weight is 180 g/mol. The fraction of sp³-hybridized carbons (Fsp3) is 0.444. The molecule has 0 unspecified atom stereocenters. The van der Waals surface area contributed by atoms with E-state index in [1.807, 2.05) is 13.8 Å². The molecule has 0 aliphatic heterocycles. The van der Waals surface area contributed by atoms with Crippen LogP contribution in [0.25, 0.3) is 0 Å². The van der Waals surface area contributed by atoms with E-state index in [0.717, 1.165) is 12.1 Å². The summed E-state index contributed by atoms with van der Waals surface area (Å²) in [6.07, 6.45) is 0.811. The standard InChI is InChI=1S/C9H12N2O2/c1-3-6-13-9(12)8-5-4-7(2)10-11-8/h4-5H,3,6H2,1-2H3. The zero-order valence-corrected chi connectivity index (χ0v) is 7.78. The second-order valence-electron chi connectivity index (χ2n) is 2.70. The van der Waals surface area contributed by atoms with E-state index in [2.05, 4.69) is 10.2 Å². The first-order chi connectivity index (χ1) is 6.24. The number of carbonyl (C=O) groups is 1. The summed E-state index contributed by atoms with van der Waals surface area (Å²) in [7, 11) is 0. The Morgan fingerprint density at radius 2 is 2.23 bits per heavy atom. The second kappa shape index (κ2) is 4.54. The molecule has 0 N–H and O–H groups in total. The molecule has 0 spiro atoms. The third-order valence-electron chi connectivity index (χ3n) is 1.44. The van der Waals surface area contributed by atoms with Gasteiger partial charge in [-0.2, -0.15) is 5.10 Å². The molecule has 0 saturated carbocycles. The lowest BCUT2D eigenvalue weighted by molar-refractivity contribution is 0.0497. The van der Waals surface area contributed by atoms with Crippen molar-refractivity contribution in [3.8, 4) is 0 Å². The Morgan fingerprint density at radius 1 is 1.46 bits per heavy atom. The third kappa shape index (κ3) is 2.82. The zero-order chi connectivity index (χ0) is 9.68. The molecule has 0 radical (unpaired) electrons. The Hall–Kier alpha value is -1.45. The van der Waals surface area contributed by atoms with Crippen LogP contribution in [0.3, 0.4) is 0 Å². The molecule has 0 aromatic carbocycles. The first-order valence-corrected chi connectivity index (χ1v) is 4.21. The molecule has 0 bridgehead atoms. The lowest BCUT2D eigenvalue weighted by Gasteiger charge is -2.00. The number of esters is 1. The van der Waals surface area contributed by atoms with Gasteiger partial charge in [0, 0.05) is 0 Å². The monoisotopic (exact) mass is 180 g/mol. The van der Waals surface area contributed by atoms with Crippen LogP contribution in [0.15, 0.2) is 12.1 Å². The number of rotatable bonds is 3. The van der Waals surface area contributed by atoms with Crippen LogP contribution in [-0.4, -0.2) is 22.8 Å². The molecule has 70 valence electrons. The molecule has 4 heteroatoms. The fourth-order valence-electron chi connectivity index (χ4n) is 0.777. The molecule has 13 heavy (non-hydrogen) atoms. The molecule has 4 nitrogen and oxygen atoms in total. The van der Waals surface area contributed by atoms with Crippen molar-refractivity contribution in [3.63, 3.8) is 0 Å². The summed E-state index contributed by atoms with van der Waals surface area (Å²) in [5.41, 5.74) is 1.05. The van der Waals surface area contributed by atoms with Crippen molar-refractivity contribution in [2.24, 2.45) is 0 Å². The van der Waals surface area contributed by atoms with Crippen LogP contribution in [0.4, 0.5) is 0 Å². The van der Waals surface area contributed by atoms with Gasteiger partial charge in [0.15, 0.2) is 5.69 Å². The maximum Gasteiger partial charge on any atom is 0.358 e. The van der Waals surface area contributed by atoms with E-state index in [0.29, 0.717) is 6.61 Å². The molecular weight excluding hydrogens is 168 g/mol. The summed E-state index contributed by atoms with van der Waals surface area (Å²) < 4.78 is 4.88. The van der Waals surface area contributed by atoms with Crippen LogP contribution in [0.5, 0.6) is 0 Å². The zero-order valence-electron chi connectivity index (χ0n) is 7.78. The van der Waals surface area contributed by atoms with E-state index in [4.69, 9.17) is 4.74 Å². The van der Waals surface area contributed by atoms with Gasteiger partial charge in [-0.05, 0) is 25.5 Å². The van der Waals surface area contributed by atoms with Crippen molar-refractivity contribution in [2.45, 2.75) is 20.3 Å². The summed E-state index contributed by atoms with van der Waals surface area (Å²) >= 11 is 0. The highest BCUT2D eigenvalue weighted by molar-refractivity contribution is 5.86. The number of hydrogen-bond acceptors (Lipinski definition) is 4. The van der Waals surface area contributed by atoms with Gasteiger partial charge < -0.3 is 4.74 Å². The number of ether oxygens (including phenoxy) is 1. The number of aromatic nitrogens is 2. The van der Waals surface area contributed by atoms with Crippen molar-refractivity contribution < 1.29 is 9.53 Å². The summed E-state index contributed by atoms with van der Waals surface area (Å²) in [6.45, 7) is 4.18. The fourth-order valence-corrected chi connectivity index (χ4v) is 0.777. The van der Waals surface area contributed by atoms with Crippen LogP contribution in [0.1, 0.15) is 29.5 Å². The highest BCUT2D eigenvalue weighted by Gasteiger charge is 2.07. The Bertz CT molecular complexity index is 282. The maximum absolute atomic E-state index is 11.2. The molecule has 0 aliphatic rings. The van der Waals surface area contributed by atoms with Crippen molar-refractivity contribution in [1.29, 1.82) is 0 Å². The molecule has 0 aliphatic carbocycles. The van der Waals surface area contributed by atoms with Gasteiger partial charge in [-0.1, -0.05) is 6.92 Å². The SMILES string of the molecule is CCCOC(=O)c1ccc(C)nn1. The summed E-state index contributed by atoms with van der Waals surface area (Å²) in [5, 5.41) is 7.46. The Balaban J connectivity index is 2.61. The van der Waals surface area contributed by atoms with Gasteiger partial charge in [0.2, 0.25) is 0 Å². The van der Waals surface area contributed by atoms with E-state index in [1.54, 1.807) is 12.1 Å². The van der Waals surface area contributed by atoms with Gasteiger partial charge in [0.05, 0.1) is 12.3 Å². The quantitative estimate of drug-likeness (QED) is 0.659. The minimum absolute atomic E-state index is 0.263. The second-order valence-corrected chi connectivity index (χ2v) is 2.70. The smallest absolute Gasteiger partial charge is 0.358 e. The maximum atomic E-state index is 11.2. The summed E-state index contributed by atoms with van der Waals surface area (Å²) in [5.74, 6) is -0.408. The summed E-state index contributed by atoms with van der Waals surface area (Å²) in [4.78, 5) is 11.2. The molecule has 0 atom stereocenters. The Labute approximate surface area is 76.9 Å². The number of nitrogens with zero attached hydrogens (tertiary/aromatic N) is 2. The molecule has 0 saturated heterocycles. The topological polar surface area (TPSA) is 52.1 Å². The van der Waals surface area contributed by atoms with Crippen molar-refractivity contribution in [2.75, 3.05) is 6.61 Å². The van der Waals surface area contributed by atoms with E-state index in [-0.39, 0.29) is 5.69 Å². The number of hydrogen-bond donors (Lipinski definition) is 0. The van der Waals surface area contributed by atoms with Crippen LogP contribution in [0, 0.1) is 6.92 Å². The Kier molecular flexibility index (Phi) is 3.37. The van der Waals surface area contributed by atoms with Crippen molar-refractivity contribution >= 4 is 5.97 Å². The Morgan fingerprint density at radius 3 is 2.77 bits per heavy atom. The van der Waals surface area contributed by atoms with Crippen LogP contribution in [0.2, 0.25) is 0 Å². The third-order valence-corrected chi connectivity index (χ3v) is 1.44. The predicted molar refractivity (Wildman–Crippen MR) is 47.3 cm³/mol. The average Bonchev–Trinajstić information content (AvgIpc) is 2.15. The van der Waals surface area contributed by atoms with Gasteiger partial charge >= 0.3 is 5.97 Å². The van der Waals surface area contributed by atoms with Crippen molar-refractivity contribution in [1.82, 2.24) is 10.2 Å².